The smallest absolute Gasteiger partial charge is 0.240 e. The lowest BCUT2D eigenvalue weighted by molar-refractivity contribution is 0.588. The molecule has 0 atom stereocenters. The molecular formula is C10H15N3O2S2. The van der Waals surface area contributed by atoms with Gasteiger partial charge in [-0.25, -0.2) is 13.1 Å². The van der Waals surface area contributed by atoms with Crippen molar-refractivity contribution in [2.75, 3.05) is 18.9 Å². The highest BCUT2D eigenvalue weighted by atomic mass is 32.2. The predicted octanol–water partition coefficient (Wildman–Crippen LogP) is 0.901. The first kappa shape index (κ1) is 13.9. The first-order chi connectivity index (χ1) is 7.99. The van der Waals surface area contributed by atoms with Crippen LogP contribution in [0.3, 0.4) is 0 Å². The van der Waals surface area contributed by atoms with Gasteiger partial charge in [0.15, 0.2) is 5.11 Å². The van der Waals surface area contributed by atoms with Crippen LogP contribution >= 0.6 is 12.2 Å². The predicted molar refractivity (Wildman–Crippen MR) is 72.6 cm³/mol. The molecule has 0 saturated heterocycles. The Morgan fingerprint density at radius 2 is 1.88 bits per heavy atom. The van der Waals surface area contributed by atoms with Gasteiger partial charge < -0.3 is 10.6 Å². The third-order valence-electron chi connectivity index (χ3n) is 2.03. The van der Waals surface area contributed by atoms with Crippen LogP contribution in [0, 0.1) is 0 Å². The molecule has 5 nitrogen and oxygen atoms in total. The van der Waals surface area contributed by atoms with Gasteiger partial charge in [0.25, 0.3) is 0 Å². The summed E-state index contributed by atoms with van der Waals surface area (Å²) < 4.78 is 25.2. The van der Waals surface area contributed by atoms with E-state index in [2.05, 4.69) is 15.4 Å². The van der Waals surface area contributed by atoms with Crippen molar-refractivity contribution in [3.63, 3.8) is 0 Å². The van der Waals surface area contributed by atoms with E-state index < -0.39 is 10.0 Å². The fraction of sp³-hybridized carbons (Fsp3) is 0.300. The minimum atomic E-state index is -3.38. The Balaban J connectivity index is 2.79. The second-order valence-electron chi connectivity index (χ2n) is 3.22. The maximum atomic E-state index is 11.5. The normalized spacial score (nSPS) is 10.9. The molecule has 0 aliphatic rings. The van der Waals surface area contributed by atoms with Crippen LogP contribution in [0.4, 0.5) is 5.69 Å². The molecule has 7 heteroatoms. The number of benzene rings is 1. The van der Waals surface area contributed by atoms with E-state index >= 15 is 0 Å². The second-order valence-corrected chi connectivity index (χ2v) is 5.51. The number of anilines is 1. The minimum Gasteiger partial charge on any atom is -0.363 e. The third kappa shape index (κ3) is 3.95. The average molecular weight is 273 g/mol. The monoisotopic (exact) mass is 273 g/mol. The lowest BCUT2D eigenvalue weighted by Gasteiger charge is -2.09. The number of hydrogen-bond acceptors (Lipinski definition) is 3. The van der Waals surface area contributed by atoms with E-state index in [1.54, 1.807) is 12.1 Å². The van der Waals surface area contributed by atoms with Gasteiger partial charge in [0.2, 0.25) is 10.0 Å². The van der Waals surface area contributed by atoms with Gasteiger partial charge >= 0.3 is 0 Å². The zero-order valence-electron chi connectivity index (χ0n) is 9.65. The molecule has 94 valence electrons. The molecule has 0 bridgehead atoms. The molecule has 0 aliphatic carbocycles. The van der Waals surface area contributed by atoms with Crippen LogP contribution in [0.2, 0.25) is 0 Å². The van der Waals surface area contributed by atoms with Crippen molar-refractivity contribution in [1.82, 2.24) is 10.0 Å². The zero-order valence-corrected chi connectivity index (χ0v) is 11.3. The Morgan fingerprint density at radius 1 is 1.29 bits per heavy atom. The van der Waals surface area contributed by atoms with Crippen LogP contribution < -0.4 is 15.4 Å². The maximum Gasteiger partial charge on any atom is 0.240 e. The summed E-state index contributed by atoms with van der Waals surface area (Å²) in [7, 11) is -2.00. The van der Waals surface area contributed by atoms with Crippen LogP contribution in [-0.2, 0) is 10.0 Å². The molecule has 3 N–H and O–H groups in total. The largest absolute Gasteiger partial charge is 0.363 e. The summed E-state index contributed by atoms with van der Waals surface area (Å²) in [5.74, 6) is 0. The number of rotatable bonds is 4. The van der Waals surface area contributed by atoms with E-state index in [9.17, 15) is 8.42 Å². The van der Waals surface area contributed by atoms with Crippen molar-refractivity contribution in [1.29, 1.82) is 0 Å². The molecule has 1 aromatic carbocycles. The van der Waals surface area contributed by atoms with Crippen molar-refractivity contribution >= 4 is 33.0 Å². The second kappa shape index (κ2) is 5.95. The summed E-state index contributed by atoms with van der Waals surface area (Å²) >= 11 is 5.01. The third-order valence-corrected chi connectivity index (χ3v) is 3.71. The maximum absolute atomic E-state index is 11.5. The molecule has 17 heavy (non-hydrogen) atoms. The van der Waals surface area contributed by atoms with Gasteiger partial charge in [0.05, 0.1) is 4.90 Å². The van der Waals surface area contributed by atoms with Crippen molar-refractivity contribution in [3.8, 4) is 0 Å². The molecular weight excluding hydrogens is 258 g/mol. The Morgan fingerprint density at radius 3 is 2.35 bits per heavy atom. The molecule has 0 aliphatic heterocycles. The minimum absolute atomic E-state index is 0.222. The highest BCUT2D eigenvalue weighted by Crippen LogP contribution is 2.13. The molecule has 0 aromatic heterocycles. The van der Waals surface area contributed by atoms with Crippen molar-refractivity contribution in [2.24, 2.45) is 0 Å². The molecule has 0 amide bonds. The summed E-state index contributed by atoms with van der Waals surface area (Å²) in [6, 6.07) is 6.35. The van der Waals surface area contributed by atoms with Crippen LogP contribution in [0.1, 0.15) is 6.92 Å². The van der Waals surface area contributed by atoms with Gasteiger partial charge in [0.1, 0.15) is 0 Å². The highest BCUT2D eigenvalue weighted by Gasteiger charge is 2.10. The Kier molecular flexibility index (Phi) is 4.86. The first-order valence-electron chi connectivity index (χ1n) is 5.08. The fourth-order valence-corrected chi connectivity index (χ4v) is 2.16. The Hall–Kier alpha value is -1.18. The molecule has 0 spiro atoms. The molecule has 1 aromatic rings. The molecule has 0 fully saturated rings. The standard InChI is InChI=1S/C10H15N3O2S2/c1-3-12-10(16)13-8-4-6-9(7-5-8)17(14,15)11-2/h4-7,11H,3H2,1-2H3,(H2,12,13,16). The van der Waals surface area contributed by atoms with Gasteiger partial charge in [-0.15, -0.1) is 0 Å². The zero-order chi connectivity index (χ0) is 12.9. The summed E-state index contributed by atoms with van der Waals surface area (Å²) in [6.07, 6.45) is 0. The topological polar surface area (TPSA) is 70.2 Å². The summed E-state index contributed by atoms with van der Waals surface area (Å²) in [6.45, 7) is 2.68. The molecule has 0 saturated carbocycles. The molecule has 1 rings (SSSR count). The number of nitrogens with one attached hydrogen (secondary N) is 3. The summed E-state index contributed by atoms with van der Waals surface area (Å²) in [5, 5.41) is 6.40. The quantitative estimate of drug-likeness (QED) is 0.711. The lowest BCUT2D eigenvalue weighted by atomic mass is 10.3. The number of sulfonamides is 1. The van der Waals surface area contributed by atoms with Gasteiger partial charge in [-0.3, -0.25) is 0 Å². The Labute approximate surface area is 107 Å². The van der Waals surface area contributed by atoms with E-state index in [0.717, 1.165) is 12.2 Å². The lowest BCUT2D eigenvalue weighted by Crippen LogP contribution is -2.27. The van der Waals surface area contributed by atoms with Crippen molar-refractivity contribution < 1.29 is 8.42 Å². The van der Waals surface area contributed by atoms with Crippen LogP contribution in [0.5, 0.6) is 0 Å². The average Bonchev–Trinajstić information content (AvgIpc) is 2.30. The van der Waals surface area contributed by atoms with Crippen LogP contribution in [-0.4, -0.2) is 27.1 Å². The van der Waals surface area contributed by atoms with Crippen LogP contribution in [0.25, 0.3) is 0 Å². The highest BCUT2D eigenvalue weighted by molar-refractivity contribution is 7.89. The summed E-state index contributed by atoms with van der Waals surface area (Å²) in [5.41, 5.74) is 0.742. The van der Waals surface area contributed by atoms with E-state index in [1.807, 2.05) is 6.92 Å². The van der Waals surface area contributed by atoms with E-state index in [4.69, 9.17) is 12.2 Å². The Bertz CT molecular complexity index is 483. The van der Waals surface area contributed by atoms with Gasteiger partial charge in [-0.05, 0) is 50.5 Å². The van der Waals surface area contributed by atoms with Gasteiger partial charge in [-0.2, -0.15) is 0 Å². The van der Waals surface area contributed by atoms with Gasteiger partial charge in [-0.1, -0.05) is 0 Å². The SMILES string of the molecule is CCNC(=S)Nc1ccc(S(=O)(=O)NC)cc1. The number of hydrogen-bond donors (Lipinski definition) is 3. The fourth-order valence-electron chi connectivity index (χ4n) is 1.17. The van der Waals surface area contributed by atoms with Crippen LogP contribution in [0.15, 0.2) is 29.2 Å². The van der Waals surface area contributed by atoms with Gasteiger partial charge in [0, 0.05) is 12.2 Å². The van der Waals surface area contributed by atoms with Crippen molar-refractivity contribution in [2.45, 2.75) is 11.8 Å². The summed E-state index contributed by atoms with van der Waals surface area (Å²) in [4.78, 5) is 0.222. The van der Waals surface area contributed by atoms with E-state index in [1.165, 1.54) is 19.2 Å². The van der Waals surface area contributed by atoms with E-state index in [-0.39, 0.29) is 4.90 Å². The molecule has 0 radical (unpaired) electrons. The van der Waals surface area contributed by atoms with E-state index in [0.29, 0.717) is 5.11 Å². The first-order valence-corrected chi connectivity index (χ1v) is 6.97. The van der Waals surface area contributed by atoms with Crippen molar-refractivity contribution in [3.05, 3.63) is 24.3 Å². The molecule has 0 heterocycles. The number of thiocarbonyl (C=S) groups is 1. The molecule has 0 unspecified atom stereocenters.